The highest BCUT2D eigenvalue weighted by atomic mass is 35.6. The molecular weight excluding hydrogens is 140 g/mol. The van der Waals surface area contributed by atoms with E-state index < -0.39 is 7.63 Å². The third kappa shape index (κ3) is 3.24. The van der Waals surface area contributed by atoms with Crippen LogP contribution in [0.25, 0.3) is 0 Å². The van der Waals surface area contributed by atoms with Gasteiger partial charge in [0.25, 0.3) is 0 Å². The Balaban J connectivity index is 3.53. The molecule has 0 heterocycles. The third-order valence-electron chi connectivity index (χ3n) is 0.791. The van der Waals surface area contributed by atoms with Crippen molar-refractivity contribution >= 4 is 18.7 Å². The first-order chi connectivity index (χ1) is 3.62. The molecule has 3 heteroatoms. The van der Waals surface area contributed by atoms with Crippen molar-refractivity contribution in [2.45, 2.75) is 13.5 Å². The molecular formula is C5H11ClOSi. The highest BCUT2D eigenvalue weighted by Crippen LogP contribution is 2.09. The lowest BCUT2D eigenvalue weighted by atomic mass is 10.9. The van der Waals surface area contributed by atoms with E-state index in [-0.39, 0.29) is 0 Å². The molecule has 0 bridgehead atoms. The summed E-state index contributed by atoms with van der Waals surface area (Å²) in [6.07, 6.45) is 0. The SMILES string of the molecule is C=C[Si](C)(Cl)OCC. The molecule has 0 saturated carbocycles. The van der Waals surface area contributed by atoms with Gasteiger partial charge in [-0.15, -0.1) is 17.7 Å². The molecule has 0 rings (SSSR count). The molecule has 0 aromatic carbocycles. The van der Waals surface area contributed by atoms with Crippen molar-refractivity contribution in [2.24, 2.45) is 0 Å². The van der Waals surface area contributed by atoms with Gasteiger partial charge >= 0.3 is 7.63 Å². The van der Waals surface area contributed by atoms with Gasteiger partial charge in [0.2, 0.25) is 0 Å². The number of hydrogen-bond donors (Lipinski definition) is 0. The molecule has 0 spiro atoms. The van der Waals surface area contributed by atoms with E-state index in [0.29, 0.717) is 6.61 Å². The summed E-state index contributed by atoms with van der Waals surface area (Å²) >= 11 is 5.82. The van der Waals surface area contributed by atoms with Gasteiger partial charge < -0.3 is 4.43 Å². The maximum atomic E-state index is 5.82. The highest BCUT2D eigenvalue weighted by Gasteiger charge is 2.19. The van der Waals surface area contributed by atoms with E-state index in [1.54, 1.807) is 5.70 Å². The Bertz CT molecular complexity index is 82.5. The van der Waals surface area contributed by atoms with Crippen molar-refractivity contribution in [1.29, 1.82) is 0 Å². The summed E-state index contributed by atoms with van der Waals surface area (Å²) in [5.41, 5.74) is 1.71. The Morgan fingerprint density at radius 2 is 2.38 bits per heavy atom. The van der Waals surface area contributed by atoms with Crippen molar-refractivity contribution in [3.8, 4) is 0 Å². The van der Waals surface area contributed by atoms with Gasteiger partial charge in [-0.25, -0.2) is 0 Å². The summed E-state index contributed by atoms with van der Waals surface area (Å²) in [5.74, 6) is 0. The lowest BCUT2D eigenvalue weighted by Gasteiger charge is -2.12. The molecule has 0 aliphatic heterocycles. The van der Waals surface area contributed by atoms with Gasteiger partial charge in [0.1, 0.15) is 0 Å². The van der Waals surface area contributed by atoms with E-state index in [0.717, 1.165) is 0 Å². The Hall–Kier alpha value is 0.207. The second-order valence-corrected chi connectivity index (χ2v) is 6.54. The molecule has 0 saturated heterocycles. The van der Waals surface area contributed by atoms with Crippen LogP contribution in [0.1, 0.15) is 6.92 Å². The third-order valence-corrected chi connectivity index (χ3v) is 3.16. The fourth-order valence-electron chi connectivity index (χ4n) is 0.341. The molecule has 1 atom stereocenters. The quantitative estimate of drug-likeness (QED) is 0.442. The molecule has 0 aliphatic rings. The first-order valence-corrected chi connectivity index (χ1v) is 6.08. The molecule has 8 heavy (non-hydrogen) atoms. The van der Waals surface area contributed by atoms with Crippen LogP contribution in [0, 0.1) is 0 Å². The molecule has 48 valence electrons. The summed E-state index contributed by atoms with van der Waals surface area (Å²) in [5, 5.41) is 0. The average molecular weight is 151 g/mol. The smallest absolute Gasteiger partial charge is 0.311 e. The van der Waals surface area contributed by atoms with Crippen LogP contribution in [0.3, 0.4) is 0 Å². The summed E-state index contributed by atoms with van der Waals surface area (Å²) in [7, 11) is -1.94. The van der Waals surface area contributed by atoms with Crippen LogP contribution in [0.5, 0.6) is 0 Å². The summed E-state index contributed by atoms with van der Waals surface area (Å²) in [6.45, 7) is 8.06. The van der Waals surface area contributed by atoms with Crippen LogP contribution in [0.4, 0.5) is 0 Å². The second kappa shape index (κ2) is 3.28. The zero-order valence-corrected chi connectivity index (χ0v) is 7.03. The van der Waals surface area contributed by atoms with E-state index in [9.17, 15) is 0 Å². The minimum absolute atomic E-state index is 0.679. The topological polar surface area (TPSA) is 9.23 Å². The second-order valence-electron chi connectivity index (χ2n) is 1.62. The number of rotatable bonds is 3. The van der Waals surface area contributed by atoms with Gasteiger partial charge in [0.15, 0.2) is 0 Å². The maximum Gasteiger partial charge on any atom is 0.311 e. The molecule has 0 amide bonds. The highest BCUT2D eigenvalue weighted by molar-refractivity contribution is 7.18. The zero-order chi connectivity index (χ0) is 6.62. The van der Waals surface area contributed by atoms with Crippen molar-refractivity contribution in [3.05, 3.63) is 12.3 Å². The monoisotopic (exact) mass is 150 g/mol. The van der Waals surface area contributed by atoms with Gasteiger partial charge in [-0.2, -0.15) is 0 Å². The van der Waals surface area contributed by atoms with Crippen LogP contribution in [0.2, 0.25) is 6.55 Å². The molecule has 1 unspecified atom stereocenters. The number of hydrogen-bond acceptors (Lipinski definition) is 1. The van der Waals surface area contributed by atoms with E-state index in [1.165, 1.54) is 0 Å². The largest absolute Gasteiger partial charge is 0.401 e. The molecule has 0 aromatic rings. The average Bonchev–Trinajstić information content (AvgIpc) is 1.67. The van der Waals surface area contributed by atoms with E-state index in [4.69, 9.17) is 15.5 Å². The molecule has 0 aliphatic carbocycles. The Morgan fingerprint density at radius 1 is 1.88 bits per heavy atom. The molecule has 1 nitrogen and oxygen atoms in total. The zero-order valence-electron chi connectivity index (χ0n) is 5.28. The predicted octanol–water partition coefficient (Wildman–Crippen LogP) is 2.06. The van der Waals surface area contributed by atoms with Gasteiger partial charge in [-0.1, -0.05) is 5.70 Å². The van der Waals surface area contributed by atoms with Gasteiger partial charge in [-0.05, 0) is 13.5 Å². The van der Waals surface area contributed by atoms with Crippen LogP contribution in [0.15, 0.2) is 12.3 Å². The minimum Gasteiger partial charge on any atom is -0.401 e. The van der Waals surface area contributed by atoms with E-state index in [2.05, 4.69) is 6.58 Å². The van der Waals surface area contributed by atoms with E-state index in [1.807, 2.05) is 13.5 Å². The van der Waals surface area contributed by atoms with Crippen LogP contribution in [-0.2, 0) is 4.43 Å². The van der Waals surface area contributed by atoms with Gasteiger partial charge in [0.05, 0.1) is 0 Å². The first kappa shape index (κ1) is 8.21. The fraction of sp³-hybridized carbons (Fsp3) is 0.600. The van der Waals surface area contributed by atoms with Crippen molar-refractivity contribution in [3.63, 3.8) is 0 Å². The standard InChI is InChI=1S/C5H11ClOSi/c1-4-7-8(3,6)5-2/h5H,2,4H2,1,3H3. The first-order valence-electron chi connectivity index (χ1n) is 2.59. The molecule has 0 aromatic heterocycles. The summed E-state index contributed by atoms with van der Waals surface area (Å²) in [4.78, 5) is 0. The lowest BCUT2D eigenvalue weighted by molar-refractivity contribution is 0.347. The number of halogens is 1. The van der Waals surface area contributed by atoms with Crippen LogP contribution >= 0.6 is 11.1 Å². The molecule has 0 fully saturated rings. The minimum atomic E-state index is -1.94. The van der Waals surface area contributed by atoms with Crippen LogP contribution < -0.4 is 0 Å². The predicted molar refractivity (Wildman–Crippen MR) is 39.3 cm³/mol. The normalized spacial score (nSPS) is 17.4. The van der Waals surface area contributed by atoms with Crippen molar-refractivity contribution < 1.29 is 4.43 Å². The van der Waals surface area contributed by atoms with Crippen LogP contribution in [-0.4, -0.2) is 14.2 Å². The Kier molecular flexibility index (Phi) is 3.36. The van der Waals surface area contributed by atoms with Gasteiger partial charge in [-0.3, -0.25) is 0 Å². The van der Waals surface area contributed by atoms with Gasteiger partial charge in [0, 0.05) is 6.61 Å². The summed E-state index contributed by atoms with van der Waals surface area (Å²) < 4.78 is 5.16. The lowest BCUT2D eigenvalue weighted by Crippen LogP contribution is -2.23. The Morgan fingerprint density at radius 3 is 2.50 bits per heavy atom. The van der Waals surface area contributed by atoms with E-state index >= 15 is 0 Å². The maximum absolute atomic E-state index is 5.82. The molecule has 0 N–H and O–H groups in total. The molecule has 0 radical (unpaired) electrons. The van der Waals surface area contributed by atoms with Crippen molar-refractivity contribution in [2.75, 3.05) is 6.61 Å². The summed E-state index contributed by atoms with van der Waals surface area (Å²) in [6, 6.07) is 0. The fourth-order valence-corrected chi connectivity index (χ4v) is 1.35. The Labute approximate surface area is 56.1 Å². The van der Waals surface area contributed by atoms with Crippen molar-refractivity contribution in [1.82, 2.24) is 0 Å².